The zero-order valence-corrected chi connectivity index (χ0v) is 18.4. The van der Waals surface area contributed by atoms with Gasteiger partial charge in [0.15, 0.2) is 0 Å². The normalized spacial score (nSPS) is 11.6. The van der Waals surface area contributed by atoms with Gasteiger partial charge in [-0.05, 0) is 79.9 Å². The molecule has 0 heterocycles. The van der Waals surface area contributed by atoms with Crippen LogP contribution in [0.15, 0.2) is 60.7 Å². The van der Waals surface area contributed by atoms with Crippen LogP contribution < -0.4 is 14.8 Å². The molecule has 0 saturated heterocycles. The lowest BCUT2D eigenvalue weighted by Gasteiger charge is -2.16. The van der Waals surface area contributed by atoms with Gasteiger partial charge in [0, 0.05) is 16.1 Å². The molecule has 3 rings (SSSR count). The fraction of sp³-hybridized carbons (Fsp3) is 0.240. The standard InChI is InChI=1S/C25H26ClNO3/c1-16-11-17(2)13-23(12-16)30-15-21-14-20(7-10-24(21)29-4)25(28)27-18(3)19-5-8-22(26)9-6-19/h5-14,18H,15H2,1-4H3,(H,27,28). The van der Waals surface area contributed by atoms with Crippen LogP contribution in [0.5, 0.6) is 11.5 Å². The first-order valence-corrected chi connectivity index (χ1v) is 10.2. The Morgan fingerprint density at radius 2 is 1.67 bits per heavy atom. The number of carbonyl (C=O) groups is 1. The van der Waals surface area contributed by atoms with Crippen molar-refractivity contribution in [2.24, 2.45) is 0 Å². The predicted octanol–water partition coefficient (Wildman–Crippen LogP) is 6.04. The second kappa shape index (κ2) is 9.68. The minimum atomic E-state index is -0.159. The average molecular weight is 424 g/mol. The van der Waals surface area contributed by atoms with Crippen molar-refractivity contribution in [3.05, 3.63) is 93.5 Å². The Morgan fingerprint density at radius 3 is 2.30 bits per heavy atom. The molecule has 0 spiro atoms. The molecule has 1 N–H and O–H groups in total. The number of rotatable bonds is 7. The maximum Gasteiger partial charge on any atom is 0.251 e. The lowest BCUT2D eigenvalue weighted by atomic mass is 10.1. The molecule has 30 heavy (non-hydrogen) atoms. The zero-order valence-electron chi connectivity index (χ0n) is 17.7. The Labute approximate surface area is 182 Å². The number of hydrogen-bond donors (Lipinski definition) is 1. The number of benzene rings is 3. The summed E-state index contributed by atoms with van der Waals surface area (Å²) in [5.41, 5.74) is 4.63. The van der Waals surface area contributed by atoms with Crippen LogP contribution in [-0.4, -0.2) is 13.0 Å². The summed E-state index contributed by atoms with van der Waals surface area (Å²) >= 11 is 5.94. The van der Waals surface area contributed by atoms with E-state index in [1.807, 2.05) is 63.2 Å². The molecule has 1 amide bonds. The van der Waals surface area contributed by atoms with Crippen LogP contribution in [0, 0.1) is 13.8 Å². The Bertz CT molecular complexity index is 1010. The lowest BCUT2D eigenvalue weighted by Crippen LogP contribution is -2.26. The van der Waals surface area contributed by atoms with E-state index in [4.69, 9.17) is 21.1 Å². The molecule has 1 unspecified atom stereocenters. The summed E-state index contributed by atoms with van der Waals surface area (Å²) < 4.78 is 11.4. The number of methoxy groups -OCH3 is 1. The molecule has 0 aliphatic heterocycles. The van der Waals surface area contributed by atoms with Crippen LogP contribution in [0.3, 0.4) is 0 Å². The highest BCUT2D eigenvalue weighted by Gasteiger charge is 2.14. The SMILES string of the molecule is COc1ccc(C(=O)NC(C)c2ccc(Cl)cc2)cc1COc1cc(C)cc(C)c1. The highest BCUT2D eigenvalue weighted by atomic mass is 35.5. The summed E-state index contributed by atoms with van der Waals surface area (Å²) in [5, 5.41) is 3.69. The Balaban J connectivity index is 1.74. The first kappa shape index (κ1) is 21.7. The number of hydrogen-bond acceptors (Lipinski definition) is 3. The van der Waals surface area contributed by atoms with Crippen molar-refractivity contribution in [1.82, 2.24) is 5.32 Å². The molecule has 3 aromatic carbocycles. The van der Waals surface area contributed by atoms with Crippen LogP contribution in [0.2, 0.25) is 5.02 Å². The maximum atomic E-state index is 12.8. The van der Waals surface area contributed by atoms with Crippen molar-refractivity contribution >= 4 is 17.5 Å². The third kappa shape index (κ3) is 5.55. The average Bonchev–Trinajstić information content (AvgIpc) is 2.71. The largest absolute Gasteiger partial charge is 0.496 e. The monoisotopic (exact) mass is 423 g/mol. The minimum absolute atomic E-state index is 0.146. The quantitative estimate of drug-likeness (QED) is 0.504. The molecule has 0 aliphatic carbocycles. The Morgan fingerprint density at radius 1 is 1.00 bits per heavy atom. The fourth-order valence-corrected chi connectivity index (χ4v) is 3.45. The number of carbonyl (C=O) groups excluding carboxylic acids is 1. The fourth-order valence-electron chi connectivity index (χ4n) is 3.32. The predicted molar refractivity (Wildman–Crippen MR) is 121 cm³/mol. The van der Waals surface area contributed by atoms with Gasteiger partial charge in [0.05, 0.1) is 13.2 Å². The Kier molecular flexibility index (Phi) is 7.01. The molecule has 0 fully saturated rings. The summed E-state index contributed by atoms with van der Waals surface area (Å²) in [7, 11) is 1.61. The lowest BCUT2D eigenvalue weighted by molar-refractivity contribution is 0.0939. The van der Waals surface area contributed by atoms with E-state index >= 15 is 0 Å². The summed E-state index contributed by atoms with van der Waals surface area (Å²) in [6, 6.07) is 18.7. The second-order valence-electron chi connectivity index (χ2n) is 7.39. The van der Waals surface area contributed by atoms with Crippen LogP contribution >= 0.6 is 11.6 Å². The van der Waals surface area contributed by atoms with Crippen LogP contribution in [0.25, 0.3) is 0 Å². The smallest absolute Gasteiger partial charge is 0.251 e. The van der Waals surface area contributed by atoms with E-state index in [1.54, 1.807) is 19.2 Å². The van der Waals surface area contributed by atoms with E-state index in [0.717, 1.165) is 28.0 Å². The van der Waals surface area contributed by atoms with Crippen LogP contribution in [-0.2, 0) is 6.61 Å². The van der Waals surface area contributed by atoms with Crippen molar-refractivity contribution in [3.8, 4) is 11.5 Å². The first-order valence-electron chi connectivity index (χ1n) is 9.80. The highest BCUT2D eigenvalue weighted by molar-refractivity contribution is 6.30. The van der Waals surface area contributed by atoms with Gasteiger partial charge < -0.3 is 14.8 Å². The molecule has 3 aromatic rings. The number of aryl methyl sites for hydroxylation is 2. The van der Waals surface area contributed by atoms with E-state index < -0.39 is 0 Å². The molecular weight excluding hydrogens is 398 g/mol. The van der Waals surface area contributed by atoms with Crippen molar-refractivity contribution < 1.29 is 14.3 Å². The van der Waals surface area contributed by atoms with Crippen molar-refractivity contribution in [2.75, 3.05) is 7.11 Å². The van der Waals surface area contributed by atoms with Crippen LogP contribution in [0.1, 0.15) is 45.6 Å². The van der Waals surface area contributed by atoms with Crippen molar-refractivity contribution in [2.45, 2.75) is 33.4 Å². The third-order valence-electron chi connectivity index (χ3n) is 4.85. The zero-order chi connectivity index (χ0) is 21.7. The first-order chi connectivity index (χ1) is 14.4. The van der Waals surface area contributed by atoms with E-state index in [2.05, 4.69) is 11.4 Å². The summed E-state index contributed by atoms with van der Waals surface area (Å²) in [5.74, 6) is 1.31. The summed E-state index contributed by atoms with van der Waals surface area (Å²) in [6.45, 7) is 6.31. The van der Waals surface area contributed by atoms with E-state index in [-0.39, 0.29) is 11.9 Å². The molecule has 5 heteroatoms. The molecule has 4 nitrogen and oxygen atoms in total. The molecule has 0 aliphatic rings. The van der Waals surface area contributed by atoms with Gasteiger partial charge in [-0.25, -0.2) is 0 Å². The van der Waals surface area contributed by atoms with Gasteiger partial charge in [0.2, 0.25) is 0 Å². The van der Waals surface area contributed by atoms with Gasteiger partial charge in [-0.1, -0.05) is 29.8 Å². The van der Waals surface area contributed by atoms with Crippen LogP contribution in [0.4, 0.5) is 0 Å². The topological polar surface area (TPSA) is 47.6 Å². The maximum absolute atomic E-state index is 12.8. The minimum Gasteiger partial charge on any atom is -0.496 e. The molecule has 0 saturated carbocycles. The van der Waals surface area contributed by atoms with Gasteiger partial charge in [-0.3, -0.25) is 4.79 Å². The molecule has 0 bridgehead atoms. The molecule has 1 atom stereocenters. The number of amides is 1. The van der Waals surface area contributed by atoms with Gasteiger partial charge in [0.1, 0.15) is 18.1 Å². The highest BCUT2D eigenvalue weighted by Crippen LogP contribution is 2.24. The summed E-state index contributed by atoms with van der Waals surface area (Å²) in [6.07, 6.45) is 0. The van der Waals surface area contributed by atoms with Gasteiger partial charge in [-0.15, -0.1) is 0 Å². The van der Waals surface area contributed by atoms with Crippen molar-refractivity contribution in [3.63, 3.8) is 0 Å². The van der Waals surface area contributed by atoms with E-state index in [9.17, 15) is 4.79 Å². The molecule has 156 valence electrons. The van der Waals surface area contributed by atoms with Gasteiger partial charge >= 0.3 is 0 Å². The molecular formula is C25H26ClNO3. The summed E-state index contributed by atoms with van der Waals surface area (Å²) in [4.78, 5) is 12.8. The number of ether oxygens (including phenoxy) is 2. The van der Waals surface area contributed by atoms with E-state index in [1.165, 1.54) is 0 Å². The van der Waals surface area contributed by atoms with Gasteiger partial charge in [0.25, 0.3) is 5.91 Å². The third-order valence-corrected chi connectivity index (χ3v) is 5.10. The molecule has 0 radical (unpaired) electrons. The number of halogens is 1. The van der Waals surface area contributed by atoms with Gasteiger partial charge in [-0.2, -0.15) is 0 Å². The second-order valence-corrected chi connectivity index (χ2v) is 7.82. The number of nitrogens with one attached hydrogen (secondary N) is 1. The van der Waals surface area contributed by atoms with Crippen molar-refractivity contribution in [1.29, 1.82) is 0 Å². The molecule has 0 aromatic heterocycles. The Hall–Kier alpha value is -2.98. The van der Waals surface area contributed by atoms with E-state index in [0.29, 0.717) is 22.9 Å².